The monoisotopic (exact) mass is 550 g/mol. The third-order valence-electron chi connectivity index (χ3n) is 6.13. The number of hydrogen-bond acceptors (Lipinski definition) is 12. The highest BCUT2D eigenvalue weighted by atomic mass is 32.1. The fourth-order valence-electron chi connectivity index (χ4n) is 4.28. The summed E-state index contributed by atoms with van der Waals surface area (Å²) in [6.07, 6.45) is 7.18. The molecule has 1 aliphatic rings. The van der Waals surface area contributed by atoms with E-state index in [0.29, 0.717) is 33.0 Å². The zero-order valence-electron chi connectivity index (χ0n) is 20.3. The summed E-state index contributed by atoms with van der Waals surface area (Å²) in [5, 5.41) is 25.4. The molecule has 0 radical (unpaired) electrons. The second-order valence-electron chi connectivity index (χ2n) is 9.07. The van der Waals surface area contributed by atoms with Crippen molar-refractivity contribution in [2.75, 3.05) is 22.1 Å². The first-order valence-electron chi connectivity index (χ1n) is 12.1. The molecule has 4 aromatic rings. The molecule has 5 rings (SSSR count). The van der Waals surface area contributed by atoms with Crippen LogP contribution in [0.2, 0.25) is 0 Å². The van der Waals surface area contributed by atoms with Crippen molar-refractivity contribution in [2.45, 2.75) is 50.4 Å². The van der Waals surface area contributed by atoms with Gasteiger partial charge < -0.3 is 22.1 Å². The van der Waals surface area contributed by atoms with Crippen molar-refractivity contribution >= 4 is 56.1 Å². The van der Waals surface area contributed by atoms with Crippen LogP contribution in [0.4, 0.5) is 21.6 Å². The average molecular weight is 551 g/mol. The van der Waals surface area contributed by atoms with Gasteiger partial charge in [0.1, 0.15) is 10.0 Å². The number of carbonyl (C=O) groups is 2. The molecule has 12 nitrogen and oxygen atoms in total. The van der Waals surface area contributed by atoms with Gasteiger partial charge in [-0.3, -0.25) is 19.6 Å². The van der Waals surface area contributed by atoms with Gasteiger partial charge in [0, 0.05) is 23.2 Å². The van der Waals surface area contributed by atoms with Crippen LogP contribution in [0.25, 0.3) is 0 Å². The lowest BCUT2D eigenvalue weighted by Crippen LogP contribution is -2.15. The van der Waals surface area contributed by atoms with Crippen molar-refractivity contribution in [2.24, 2.45) is 0 Å². The highest BCUT2D eigenvalue weighted by Gasteiger charge is 2.29. The number of nitrogens with zero attached hydrogens (tertiary/aromatic N) is 6. The predicted octanol–water partition coefficient (Wildman–Crippen LogP) is 3.15. The topological polar surface area (TPSA) is 188 Å². The Morgan fingerprint density at radius 3 is 1.66 bits per heavy atom. The van der Waals surface area contributed by atoms with E-state index in [4.69, 9.17) is 11.5 Å². The van der Waals surface area contributed by atoms with Gasteiger partial charge in [-0.05, 0) is 43.5 Å². The lowest BCUT2D eigenvalue weighted by molar-refractivity contribution is -0.116. The minimum absolute atomic E-state index is 0.132. The molecule has 0 aromatic carbocycles. The first-order valence-corrected chi connectivity index (χ1v) is 13.7. The summed E-state index contributed by atoms with van der Waals surface area (Å²) in [5.41, 5.74) is 13.6. The number of hydrogen-bond donors (Lipinski definition) is 4. The summed E-state index contributed by atoms with van der Waals surface area (Å²) in [7, 11) is 0. The summed E-state index contributed by atoms with van der Waals surface area (Å²) in [4.78, 5) is 33.1. The lowest BCUT2D eigenvalue weighted by atomic mass is 9.82. The number of nitrogens with two attached hydrogens (primary N) is 2. The minimum Gasteiger partial charge on any atom is -0.397 e. The third-order valence-corrected chi connectivity index (χ3v) is 8.13. The quantitative estimate of drug-likeness (QED) is 0.254. The zero-order valence-corrected chi connectivity index (χ0v) is 22.0. The third kappa shape index (κ3) is 6.63. The van der Waals surface area contributed by atoms with Crippen molar-refractivity contribution in [3.05, 3.63) is 58.1 Å². The first kappa shape index (κ1) is 25.6. The molecule has 2 amide bonds. The maximum absolute atomic E-state index is 12.4. The molecule has 38 heavy (non-hydrogen) atoms. The Morgan fingerprint density at radius 2 is 1.24 bits per heavy atom. The summed E-state index contributed by atoms with van der Waals surface area (Å²) < 4.78 is 0. The standard InChI is InChI=1S/C24H26N10O2S2/c25-15-4-6-17(27-11-15)9-19(35)29-23-33-31-21(37-23)13-2-1-3-14(8-13)22-32-34-24(38-22)30-20(36)10-18-7-5-16(26)12-28-18/h4-7,11-14H,1-3,8-10,25-26H2,(H,29,33,35)(H,30,34,36)/t13-,14-/m0/s1. The number of nitrogen functional groups attached to an aromatic ring is 2. The zero-order chi connectivity index (χ0) is 26.5. The van der Waals surface area contributed by atoms with Gasteiger partial charge in [-0.15, -0.1) is 20.4 Å². The van der Waals surface area contributed by atoms with Gasteiger partial charge in [0.15, 0.2) is 0 Å². The normalized spacial score (nSPS) is 17.2. The van der Waals surface area contributed by atoms with Crippen molar-refractivity contribution < 1.29 is 9.59 Å². The van der Waals surface area contributed by atoms with Crippen molar-refractivity contribution in [3.8, 4) is 0 Å². The highest BCUT2D eigenvalue weighted by Crippen LogP contribution is 2.43. The Hall–Kier alpha value is -4.04. The van der Waals surface area contributed by atoms with Crippen LogP contribution >= 0.6 is 22.7 Å². The second kappa shape index (κ2) is 11.6. The molecule has 14 heteroatoms. The highest BCUT2D eigenvalue weighted by molar-refractivity contribution is 7.15. The van der Waals surface area contributed by atoms with Crippen LogP contribution in [-0.4, -0.2) is 42.2 Å². The Balaban J connectivity index is 1.14. The van der Waals surface area contributed by atoms with E-state index >= 15 is 0 Å². The van der Waals surface area contributed by atoms with Gasteiger partial charge in [-0.1, -0.05) is 29.1 Å². The number of amides is 2. The number of anilines is 4. The summed E-state index contributed by atoms with van der Waals surface area (Å²) >= 11 is 2.79. The largest absolute Gasteiger partial charge is 0.397 e. The maximum Gasteiger partial charge on any atom is 0.232 e. The lowest BCUT2D eigenvalue weighted by Gasteiger charge is -2.25. The summed E-state index contributed by atoms with van der Waals surface area (Å²) in [5.74, 6) is 0.0209. The van der Waals surface area contributed by atoms with Crippen LogP contribution in [-0.2, 0) is 22.4 Å². The van der Waals surface area contributed by atoms with E-state index in [0.717, 1.165) is 35.7 Å². The number of carbonyl (C=O) groups excluding carboxylic acids is 2. The molecular formula is C24H26N10O2S2. The van der Waals surface area contributed by atoms with E-state index < -0.39 is 0 Å². The Bertz CT molecular complexity index is 1300. The van der Waals surface area contributed by atoms with E-state index in [1.54, 1.807) is 24.3 Å². The van der Waals surface area contributed by atoms with E-state index in [2.05, 4.69) is 41.0 Å². The average Bonchev–Trinajstić information content (AvgIpc) is 3.57. The van der Waals surface area contributed by atoms with Crippen LogP contribution in [0, 0.1) is 0 Å². The molecule has 196 valence electrons. The molecule has 4 heterocycles. The van der Waals surface area contributed by atoms with Gasteiger partial charge in [-0.25, -0.2) is 0 Å². The van der Waals surface area contributed by atoms with Crippen LogP contribution in [0.15, 0.2) is 36.7 Å². The van der Waals surface area contributed by atoms with Crippen LogP contribution in [0.1, 0.15) is 58.9 Å². The van der Waals surface area contributed by atoms with Gasteiger partial charge in [0.25, 0.3) is 0 Å². The van der Waals surface area contributed by atoms with E-state index in [-0.39, 0.29) is 36.5 Å². The van der Waals surface area contributed by atoms with Crippen LogP contribution < -0.4 is 22.1 Å². The first-order chi connectivity index (χ1) is 18.4. The molecule has 1 saturated carbocycles. The van der Waals surface area contributed by atoms with Gasteiger partial charge in [0.05, 0.1) is 36.6 Å². The molecule has 4 aromatic heterocycles. The number of nitrogens with one attached hydrogen (secondary N) is 2. The molecule has 0 spiro atoms. The fourth-order valence-corrected chi connectivity index (χ4v) is 6.09. The van der Waals surface area contributed by atoms with E-state index in [1.165, 1.54) is 35.1 Å². The van der Waals surface area contributed by atoms with E-state index in [9.17, 15) is 9.59 Å². The van der Waals surface area contributed by atoms with Crippen molar-refractivity contribution in [3.63, 3.8) is 0 Å². The fraction of sp³-hybridized carbons (Fsp3) is 0.333. The Kier molecular flexibility index (Phi) is 7.79. The molecule has 6 N–H and O–H groups in total. The Morgan fingerprint density at radius 1 is 0.763 bits per heavy atom. The van der Waals surface area contributed by atoms with Crippen LogP contribution in [0.5, 0.6) is 0 Å². The number of rotatable bonds is 8. The molecule has 0 aliphatic heterocycles. The maximum atomic E-state index is 12.4. The molecule has 1 fully saturated rings. The van der Waals surface area contributed by atoms with Crippen molar-refractivity contribution in [1.82, 2.24) is 30.4 Å². The van der Waals surface area contributed by atoms with Crippen LogP contribution in [0.3, 0.4) is 0 Å². The molecular weight excluding hydrogens is 524 g/mol. The summed E-state index contributed by atoms with van der Waals surface area (Å²) in [6.45, 7) is 0. The smallest absolute Gasteiger partial charge is 0.232 e. The summed E-state index contributed by atoms with van der Waals surface area (Å²) in [6, 6.07) is 6.88. The van der Waals surface area contributed by atoms with Gasteiger partial charge in [0.2, 0.25) is 22.1 Å². The molecule has 0 saturated heterocycles. The second-order valence-corrected chi connectivity index (χ2v) is 11.1. The minimum atomic E-state index is -0.206. The number of pyridine rings is 2. The van der Waals surface area contributed by atoms with E-state index in [1.807, 2.05) is 0 Å². The predicted molar refractivity (Wildman–Crippen MR) is 146 cm³/mol. The molecule has 2 atom stereocenters. The molecule has 0 unspecified atom stereocenters. The molecule has 1 aliphatic carbocycles. The molecule has 0 bridgehead atoms. The Labute approximate surface area is 226 Å². The van der Waals surface area contributed by atoms with Gasteiger partial charge >= 0.3 is 0 Å². The van der Waals surface area contributed by atoms with Gasteiger partial charge in [-0.2, -0.15) is 0 Å². The van der Waals surface area contributed by atoms with Crippen molar-refractivity contribution in [1.29, 1.82) is 0 Å². The number of aromatic nitrogens is 6. The SMILES string of the molecule is Nc1ccc(CC(=O)Nc2nnc([C@H]3CCC[C@H](c4nnc(NC(=O)Cc5ccc(N)cn5)s4)C3)s2)nc1.